The molecule has 0 aliphatic rings. The number of aromatic nitrogens is 2. The number of ether oxygens (including phenoxy) is 1. The lowest BCUT2D eigenvalue weighted by Crippen LogP contribution is -2.12. The van der Waals surface area contributed by atoms with Crippen LogP contribution in [0.3, 0.4) is 0 Å². The van der Waals surface area contributed by atoms with Crippen molar-refractivity contribution in [2.24, 2.45) is 0 Å². The van der Waals surface area contributed by atoms with E-state index in [1.807, 2.05) is 6.07 Å². The third kappa shape index (κ3) is 4.68. The van der Waals surface area contributed by atoms with Crippen molar-refractivity contribution in [2.45, 2.75) is 39.2 Å². The van der Waals surface area contributed by atoms with Gasteiger partial charge in [-0.25, -0.2) is 4.98 Å². The van der Waals surface area contributed by atoms with E-state index < -0.39 is 0 Å². The van der Waals surface area contributed by atoms with Gasteiger partial charge in [0.15, 0.2) is 0 Å². The van der Waals surface area contributed by atoms with Crippen molar-refractivity contribution in [1.29, 1.82) is 0 Å². The zero-order valence-electron chi connectivity index (χ0n) is 17.2. The summed E-state index contributed by atoms with van der Waals surface area (Å²) in [6.07, 6.45) is 1.91. The van der Waals surface area contributed by atoms with Crippen LogP contribution < -0.4 is 4.74 Å². The molecule has 0 aliphatic carbocycles. The summed E-state index contributed by atoms with van der Waals surface area (Å²) in [7, 11) is 0. The van der Waals surface area contributed by atoms with E-state index >= 15 is 0 Å². The zero-order chi connectivity index (χ0) is 20.1. The molecule has 3 nitrogen and oxygen atoms in total. The topological polar surface area (TPSA) is 27.1 Å². The molecule has 0 spiro atoms. The number of nitrogens with zero attached hydrogens (tertiary/aromatic N) is 2. The molecule has 148 valence electrons. The lowest BCUT2D eigenvalue weighted by Gasteiger charge is -2.12. The monoisotopic (exact) mass is 384 g/mol. The Bertz CT molecular complexity index is 1050. The van der Waals surface area contributed by atoms with E-state index in [4.69, 9.17) is 9.72 Å². The van der Waals surface area contributed by atoms with Crippen LogP contribution in [0.4, 0.5) is 0 Å². The molecular formula is C26H28N2O. The molecule has 4 rings (SSSR count). The molecule has 3 aromatic carbocycles. The van der Waals surface area contributed by atoms with Crippen molar-refractivity contribution in [3.05, 3.63) is 95.8 Å². The van der Waals surface area contributed by atoms with E-state index in [0.717, 1.165) is 36.5 Å². The van der Waals surface area contributed by atoms with Gasteiger partial charge in [0.1, 0.15) is 18.2 Å². The van der Waals surface area contributed by atoms with Crippen molar-refractivity contribution in [3.63, 3.8) is 0 Å². The zero-order valence-corrected chi connectivity index (χ0v) is 17.2. The molecule has 0 radical (unpaired) electrons. The van der Waals surface area contributed by atoms with Crippen LogP contribution in [-0.4, -0.2) is 16.2 Å². The number of imidazole rings is 1. The molecular weight excluding hydrogens is 356 g/mol. The number of hydrogen-bond acceptors (Lipinski definition) is 2. The van der Waals surface area contributed by atoms with Gasteiger partial charge in [0.2, 0.25) is 0 Å². The summed E-state index contributed by atoms with van der Waals surface area (Å²) in [4.78, 5) is 4.89. The standard InChI is InChI=1S/C26H28N2O/c1-20(2)22-13-15-23(16-14-22)29-19-18-28-25-11-7-6-10-24(25)27-26(28)17-12-21-8-4-3-5-9-21/h3-11,13-16,20H,12,17-19H2,1-2H3. The summed E-state index contributed by atoms with van der Waals surface area (Å²) >= 11 is 0. The molecule has 3 heteroatoms. The smallest absolute Gasteiger partial charge is 0.119 e. The lowest BCUT2D eigenvalue weighted by atomic mass is 10.0. The average Bonchev–Trinajstić information content (AvgIpc) is 3.11. The van der Waals surface area contributed by atoms with Gasteiger partial charge < -0.3 is 9.30 Å². The molecule has 0 saturated carbocycles. The molecule has 0 amide bonds. The second-order valence-electron chi connectivity index (χ2n) is 7.73. The van der Waals surface area contributed by atoms with Crippen LogP contribution in [0.1, 0.15) is 36.7 Å². The molecule has 0 unspecified atom stereocenters. The van der Waals surface area contributed by atoms with Gasteiger partial charge >= 0.3 is 0 Å². The van der Waals surface area contributed by atoms with E-state index in [-0.39, 0.29) is 0 Å². The van der Waals surface area contributed by atoms with Crippen LogP contribution in [-0.2, 0) is 19.4 Å². The molecule has 29 heavy (non-hydrogen) atoms. The van der Waals surface area contributed by atoms with Gasteiger partial charge in [-0.05, 0) is 47.7 Å². The second-order valence-corrected chi connectivity index (χ2v) is 7.73. The summed E-state index contributed by atoms with van der Waals surface area (Å²) in [5, 5.41) is 0. The predicted octanol–water partition coefficient (Wildman–Crippen LogP) is 6.02. The molecule has 0 N–H and O–H groups in total. The highest BCUT2D eigenvalue weighted by Gasteiger charge is 2.11. The highest BCUT2D eigenvalue weighted by molar-refractivity contribution is 5.75. The average molecular weight is 385 g/mol. The van der Waals surface area contributed by atoms with Gasteiger partial charge in [0.05, 0.1) is 17.6 Å². The minimum absolute atomic E-state index is 0.536. The molecule has 4 aromatic rings. The Morgan fingerprint density at radius 1 is 0.828 bits per heavy atom. The van der Waals surface area contributed by atoms with Gasteiger partial charge in [0, 0.05) is 6.42 Å². The number of fused-ring (bicyclic) bond motifs is 1. The quantitative estimate of drug-likeness (QED) is 0.371. The highest BCUT2D eigenvalue weighted by atomic mass is 16.5. The summed E-state index contributed by atoms with van der Waals surface area (Å²) in [6, 6.07) is 27.4. The normalized spacial score (nSPS) is 11.3. The van der Waals surface area contributed by atoms with E-state index in [1.54, 1.807) is 0 Å². The first-order chi connectivity index (χ1) is 14.2. The maximum absolute atomic E-state index is 6.03. The number of rotatable bonds is 8. The summed E-state index contributed by atoms with van der Waals surface area (Å²) < 4.78 is 8.34. The van der Waals surface area contributed by atoms with Crippen LogP contribution in [0, 0.1) is 0 Å². The molecule has 0 atom stereocenters. The third-order valence-electron chi connectivity index (χ3n) is 5.34. The van der Waals surface area contributed by atoms with Crippen LogP contribution >= 0.6 is 0 Å². The van der Waals surface area contributed by atoms with E-state index in [9.17, 15) is 0 Å². The number of hydrogen-bond donors (Lipinski definition) is 0. The lowest BCUT2D eigenvalue weighted by molar-refractivity contribution is 0.298. The van der Waals surface area contributed by atoms with Crippen molar-refractivity contribution < 1.29 is 4.74 Å². The number of para-hydroxylation sites is 2. The second kappa shape index (κ2) is 8.95. The summed E-state index contributed by atoms with van der Waals surface area (Å²) in [5.41, 5.74) is 4.90. The van der Waals surface area contributed by atoms with Crippen molar-refractivity contribution in [3.8, 4) is 5.75 Å². The van der Waals surface area contributed by atoms with Crippen molar-refractivity contribution in [1.82, 2.24) is 9.55 Å². The van der Waals surface area contributed by atoms with E-state index in [1.165, 1.54) is 16.6 Å². The largest absolute Gasteiger partial charge is 0.492 e. The maximum Gasteiger partial charge on any atom is 0.119 e. The highest BCUT2D eigenvalue weighted by Crippen LogP contribution is 2.20. The van der Waals surface area contributed by atoms with Crippen LogP contribution in [0.25, 0.3) is 11.0 Å². The Morgan fingerprint density at radius 3 is 2.31 bits per heavy atom. The number of benzene rings is 3. The molecule has 1 aromatic heterocycles. The Hall–Kier alpha value is -3.07. The van der Waals surface area contributed by atoms with Gasteiger partial charge in [-0.15, -0.1) is 0 Å². The van der Waals surface area contributed by atoms with Gasteiger partial charge in [0.25, 0.3) is 0 Å². The Kier molecular flexibility index (Phi) is 5.95. The van der Waals surface area contributed by atoms with Crippen LogP contribution in [0.15, 0.2) is 78.9 Å². The Labute approximate surface area is 173 Å². The fourth-order valence-electron chi connectivity index (χ4n) is 3.67. The molecule has 0 saturated heterocycles. The van der Waals surface area contributed by atoms with E-state index in [2.05, 4.69) is 91.2 Å². The van der Waals surface area contributed by atoms with Crippen molar-refractivity contribution >= 4 is 11.0 Å². The minimum Gasteiger partial charge on any atom is -0.492 e. The van der Waals surface area contributed by atoms with Gasteiger partial charge in [-0.3, -0.25) is 0 Å². The summed E-state index contributed by atoms with van der Waals surface area (Å²) in [5.74, 6) is 2.58. The molecule has 1 heterocycles. The van der Waals surface area contributed by atoms with Crippen LogP contribution in [0.5, 0.6) is 5.75 Å². The SMILES string of the molecule is CC(C)c1ccc(OCCn2c(CCc3ccccc3)nc3ccccc32)cc1. The first-order valence-corrected chi connectivity index (χ1v) is 10.4. The Balaban J connectivity index is 1.46. The van der Waals surface area contributed by atoms with Crippen molar-refractivity contribution in [2.75, 3.05) is 6.61 Å². The maximum atomic E-state index is 6.03. The molecule has 0 aliphatic heterocycles. The first-order valence-electron chi connectivity index (χ1n) is 10.4. The van der Waals surface area contributed by atoms with Crippen LogP contribution in [0.2, 0.25) is 0 Å². The minimum atomic E-state index is 0.536. The van der Waals surface area contributed by atoms with E-state index in [0.29, 0.717) is 12.5 Å². The fraction of sp³-hybridized carbons (Fsp3) is 0.269. The summed E-state index contributed by atoms with van der Waals surface area (Å²) in [6.45, 7) is 5.82. The Morgan fingerprint density at radius 2 is 1.55 bits per heavy atom. The number of aryl methyl sites for hydroxylation is 2. The fourth-order valence-corrected chi connectivity index (χ4v) is 3.67. The molecule has 0 fully saturated rings. The predicted molar refractivity (Wildman–Crippen MR) is 120 cm³/mol. The van der Waals surface area contributed by atoms with Gasteiger partial charge in [-0.2, -0.15) is 0 Å². The molecule has 0 bridgehead atoms. The van der Waals surface area contributed by atoms with Gasteiger partial charge in [-0.1, -0.05) is 68.4 Å². The third-order valence-corrected chi connectivity index (χ3v) is 5.34. The first kappa shape index (κ1) is 19.3.